The molecular formula is C12H15NO5S. The molecule has 2 fully saturated rings. The summed E-state index contributed by atoms with van der Waals surface area (Å²) >= 11 is 0. The highest BCUT2D eigenvalue weighted by Crippen LogP contribution is 2.50. The second kappa shape index (κ2) is 4.35. The Morgan fingerprint density at radius 1 is 1.37 bits per heavy atom. The van der Waals surface area contributed by atoms with Crippen molar-refractivity contribution in [2.45, 2.75) is 30.4 Å². The van der Waals surface area contributed by atoms with E-state index in [1.54, 1.807) is 0 Å². The van der Waals surface area contributed by atoms with Gasteiger partial charge in [-0.25, -0.2) is 13.1 Å². The lowest BCUT2D eigenvalue weighted by molar-refractivity contribution is -0.141. The molecule has 0 radical (unpaired) electrons. The van der Waals surface area contributed by atoms with E-state index in [1.807, 2.05) is 0 Å². The highest BCUT2D eigenvalue weighted by Gasteiger charge is 2.50. The summed E-state index contributed by atoms with van der Waals surface area (Å²) in [5, 5.41) is 8.90. The highest BCUT2D eigenvalue weighted by atomic mass is 32.2. The fourth-order valence-electron chi connectivity index (χ4n) is 3.24. The topological polar surface area (TPSA) is 96.6 Å². The molecule has 19 heavy (non-hydrogen) atoms. The first kappa shape index (κ1) is 12.7. The van der Waals surface area contributed by atoms with Crippen LogP contribution in [-0.2, 0) is 14.8 Å². The number of hydrogen-bond acceptors (Lipinski definition) is 4. The van der Waals surface area contributed by atoms with Gasteiger partial charge in [0.05, 0.1) is 12.2 Å². The summed E-state index contributed by atoms with van der Waals surface area (Å²) < 4.78 is 31.5. The van der Waals surface area contributed by atoms with E-state index in [4.69, 9.17) is 9.52 Å². The molecule has 7 heteroatoms. The average molecular weight is 285 g/mol. The lowest BCUT2D eigenvalue weighted by Gasteiger charge is -2.40. The number of carboxylic acid groups (broad SMARTS) is 1. The maximum absolute atomic E-state index is 12.0. The summed E-state index contributed by atoms with van der Waals surface area (Å²) in [4.78, 5) is 10.9. The van der Waals surface area contributed by atoms with E-state index in [-0.39, 0.29) is 23.0 Å². The van der Waals surface area contributed by atoms with E-state index in [1.165, 1.54) is 18.4 Å². The second-order valence-corrected chi connectivity index (χ2v) is 6.97. The SMILES string of the molecule is O=C(O)C1C[C@@H]2C[C@@H](NS(=O)(=O)c3ccco3)[C@@H]2C1. The molecule has 2 saturated carbocycles. The van der Waals surface area contributed by atoms with Gasteiger partial charge in [-0.2, -0.15) is 0 Å². The lowest BCUT2D eigenvalue weighted by Crippen LogP contribution is -2.50. The molecule has 0 aromatic carbocycles. The molecule has 3 rings (SSSR count). The summed E-state index contributed by atoms with van der Waals surface area (Å²) in [6.45, 7) is 0. The molecule has 1 unspecified atom stereocenters. The van der Waals surface area contributed by atoms with Gasteiger partial charge in [0.1, 0.15) is 0 Å². The Labute approximate surface area is 110 Å². The van der Waals surface area contributed by atoms with Gasteiger partial charge in [0.2, 0.25) is 5.09 Å². The quantitative estimate of drug-likeness (QED) is 0.862. The lowest BCUT2D eigenvalue weighted by atomic mass is 9.72. The van der Waals surface area contributed by atoms with Crippen molar-refractivity contribution in [3.05, 3.63) is 18.4 Å². The number of furan rings is 1. The number of fused-ring (bicyclic) bond motifs is 1. The molecule has 1 aromatic heterocycles. The number of rotatable bonds is 4. The van der Waals surface area contributed by atoms with Crippen molar-refractivity contribution in [1.29, 1.82) is 0 Å². The van der Waals surface area contributed by atoms with Crippen LogP contribution in [0.4, 0.5) is 0 Å². The number of carbonyl (C=O) groups is 1. The average Bonchev–Trinajstić information content (AvgIpc) is 2.93. The van der Waals surface area contributed by atoms with Crippen molar-refractivity contribution in [2.24, 2.45) is 17.8 Å². The predicted molar refractivity (Wildman–Crippen MR) is 64.8 cm³/mol. The van der Waals surface area contributed by atoms with Crippen molar-refractivity contribution in [1.82, 2.24) is 4.72 Å². The molecule has 6 nitrogen and oxygen atoms in total. The molecule has 1 aromatic rings. The van der Waals surface area contributed by atoms with E-state index in [9.17, 15) is 13.2 Å². The first-order valence-electron chi connectivity index (χ1n) is 6.26. The number of nitrogens with one attached hydrogen (secondary N) is 1. The summed E-state index contributed by atoms with van der Waals surface area (Å²) in [5.74, 6) is -0.619. The van der Waals surface area contributed by atoms with Crippen molar-refractivity contribution < 1.29 is 22.7 Å². The minimum absolute atomic E-state index is 0.0938. The normalized spacial score (nSPS) is 33.7. The van der Waals surface area contributed by atoms with Gasteiger partial charge in [-0.1, -0.05) is 0 Å². The molecule has 0 aliphatic heterocycles. The van der Waals surface area contributed by atoms with E-state index in [0.717, 1.165) is 0 Å². The Bertz CT molecular complexity index is 579. The van der Waals surface area contributed by atoms with Crippen LogP contribution in [0.5, 0.6) is 0 Å². The van der Waals surface area contributed by atoms with Gasteiger partial charge < -0.3 is 9.52 Å². The van der Waals surface area contributed by atoms with Crippen LogP contribution in [0.3, 0.4) is 0 Å². The van der Waals surface area contributed by atoms with E-state index < -0.39 is 16.0 Å². The first-order chi connectivity index (χ1) is 8.97. The second-order valence-electron chi connectivity index (χ2n) is 5.33. The van der Waals surface area contributed by atoms with Crippen LogP contribution in [-0.4, -0.2) is 25.5 Å². The largest absolute Gasteiger partial charge is 0.481 e. The van der Waals surface area contributed by atoms with Crippen LogP contribution in [0.15, 0.2) is 27.9 Å². The van der Waals surface area contributed by atoms with Gasteiger partial charge in [-0.05, 0) is 43.2 Å². The molecule has 1 heterocycles. The summed E-state index contributed by atoms with van der Waals surface area (Å²) in [7, 11) is -3.62. The number of sulfonamides is 1. The van der Waals surface area contributed by atoms with E-state index in [2.05, 4.69) is 4.72 Å². The van der Waals surface area contributed by atoms with Gasteiger partial charge in [-0.15, -0.1) is 0 Å². The molecule has 0 spiro atoms. The van der Waals surface area contributed by atoms with Crippen LogP contribution in [0.1, 0.15) is 19.3 Å². The number of hydrogen-bond donors (Lipinski definition) is 2. The fourth-order valence-corrected chi connectivity index (χ4v) is 4.46. The van der Waals surface area contributed by atoms with Crippen molar-refractivity contribution in [2.75, 3.05) is 0 Å². The van der Waals surface area contributed by atoms with Gasteiger partial charge in [-0.3, -0.25) is 4.79 Å². The standard InChI is InChI=1S/C12H15NO5S/c14-12(15)8-4-7-6-10(9(7)5-8)13-19(16,17)11-2-1-3-18-11/h1-3,7-10,13H,4-6H2,(H,14,15)/t7-,8?,9-,10-/m1/s1. The predicted octanol–water partition coefficient (Wildman–Crippen LogP) is 1.06. The molecule has 0 saturated heterocycles. The highest BCUT2D eigenvalue weighted by molar-refractivity contribution is 7.89. The van der Waals surface area contributed by atoms with Gasteiger partial charge in [0.25, 0.3) is 10.0 Å². The van der Waals surface area contributed by atoms with Crippen molar-refractivity contribution in [3.8, 4) is 0 Å². The maximum Gasteiger partial charge on any atom is 0.306 e. The molecule has 4 atom stereocenters. The van der Waals surface area contributed by atoms with Crippen LogP contribution < -0.4 is 4.72 Å². The zero-order valence-electron chi connectivity index (χ0n) is 10.2. The summed E-state index contributed by atoms with van der Waals surface area (Å²) in [6, 6.07) is 2.76. The maximum atomic E-state index is 12.0. The summed E-state index contributed by atoms with van der Waals surface area (Å²) in [5.41, 5.74) is 0. The van der Waals surface area contributed by atoms with Gasteiger partial charge in [0.15, 0.2) is 0 Å². The Kier molecular flexibility index (Phi) is 2.90. The molecule has 2 aliphatic rings. The molecule has 0 amide bonds. The third kappa shape index (κ3) is 2.17. The first-order valence-corrected chi connectivity index (χ1v) is 7.74. The van der Waals surface area contributed by atoms with E-state index >= 15 is 0 Å². The third-order valence-corrected chi connectivity index (χ3v) is 5.61. The Hall–Kier alpha value is -1.34. The zero-order chi connectivity index (χ0) is 13.6. The van der Waals surface area contributed by atoms with E-state index in [0.29, 0.717) is 25.2 Å². The van der Waals surface area contributed by atoms with Crippen LogP contribution >= 0.6 is 0 Å². The van der Waals surface area contributed by atoms with Gasteiger partial charge >= 0.3 is 5.97 Å². The molecule has 2 N–H and O–H groups in total. The molecule has 2 aliphatic carbocycles. The van der Waals surface area contributed by atoms with Crippen molar-refractivity contribution >= 4 is 16.0 Å². The minimum atomic E-state index is -3.62. The summed E-state index contributed by atoms with van der Waals surface area (Å²) in [6.07, 6.45) is 3.26. The fraction of sp³-hybridized carbons (Fsp3) is 0.583. The third-order valence-electron chi connectivity index (χ3n) is 4.24. The van der Waals surface area contributed by atoms with Crippen LogP contribution in [0, 0.1) is 17.8 Å². The Morgan fingerprint density at radius 3 is 2.79 bits per heavy atom. The van der Waals surface area contributed by atoms with Crippen LogP contribution in [0.2, 0.25) is 0 Å². The van der Waals surface area contributed by atoms with Gasteiger partial charge in [0, 0.05) is 6.04 Å². The molecule has 104 valence electrons. The number of aliphatic carboxylic acids is 1. The zero-order valence-corrected chi connectivity index (χ0v) is 11.0. The Balaban J connectivity index is 1.66. The van der Waals surface area contributed by atoms with Crippen LogP contribution in [0.25, 0.3) is 0 Å². The molecular weight excluding hydrogens is 270 g/mol. The Morgan fingerprint density at radius 2 is 2.16 bits per heavy atom. The van der Waals surface area contributed by atoms with Crippen molar-refractivity contribution in [3.63, 3.8) is 0 Å². The minimum Gasteiger partial charge on any atom is -0.481 e. The number of carboxylic acids is 1. The smallest absolute Gasteiger partial charge is 0.306 e. The molecule has 0 bridgehead atoms. The monoisotopic (exact) mass is 285 g/mol.